The summed E-state index contributed by atoms with van der Waals surface area (Å²) in [7, 11) is 0. The summed E-state index contributed by atoms with van der Waals surface area (Å²) in [6.07, 6.45) is 1.19. The van der Waals surface area contributed by atoms with Gasteiger partial charge in [0.05, 0.1) is 36.3 Å². The predicted octanol–water partition coefficient (Wildman–Crippen LogP) is 5.47. The quantitative estimate of drug-likeness (QED) is 0.117. The third-order valence-electron chi connectivity index (χ3n) is 9.28. The van der Waals surface area contributed by atoms with Crippen molar-refractivity contribution in [2.24, 2.45) is 0 Å². The average molecular weight is 679 g/mol. The van der Waals surface area contributed by atoms with Crippen molar-refractivity contribution in [2.45, 2.75) is 69.9 Å². The Bertz CT molecular complexity index is 1750. The molecule has 0 saturated carbocycles. The second kappa shape index (κ2) is 16.9. The first-order valence-corrected chi connectivity index (χ1v) is 17.3. The summed E-state index contributed by atoms with van der Waals surface area (Å²) in [5.41, 5.74) is 12.7. The number of rotatable bonds is 13. The minimum absolute atomic E-state index is 0.00990. The van der Waals surface area contributed by atoms with Crippen LogP contribution in [0, 0.1) is 0 Å². The summed E-state index contributed by atoms with van der Waals surface area (Å²) >= 11 is 0. The number of amides is 2. The largest absolute Gasteiger partial charge is 0.397 e. The fourth-order valence-corrected chi connectivity index (χ4v) is 6.55. The highest BCUT2D eigenvalue weighted by atomic mass is 16.7. The van der Waals surface area contributed by atoms with E-state index in [9.17, 15) is 19.8 Å². The molecule has 10 heteroatoms. The number of para-hydroxylation sites is 2. The van der Waals surface area contributed by atoms with Crippen LogP contribution < -0.4 is 16.4 Å². The van der Waals surface area contributed by atoms with Crippen molar-refractivity contribution >= 4 is 23.2 Å². The van der Waals surface area contributed by atoms with E-state index in [0.717, 1.165) is 46.3 Å². The van der Waals surface area contributed by atoms with Crippen LogP contribution in [0.3, 0.4) is 0 Å². The van der Waals surface area contributed by atoms with E-state index in [1.165, 1.54) is 0 Å². The van der Waals surface area contributed by atoms with Crippen LogP contribution >= 0.6 is 0 Å². The van der Waals surface area contributed by atoms with E-state index in [0.29, 0.717) is 43.9 Å². The number of likely N-dealkylation sites (tertiary alicyclic amines) is 1. The minimum atomic E-state index is -0.585. The molecule has 2 amide bonds. The smallest absolute Gasteiger partial charge is 0.224 e. The van der Waals surface area contributed by atoms with Gasteiger partial charge in [-0.05, 0) is 64.9 Å². The van der Waals surface area contributed by atoms with Crippen molar-refractivity contribution in [3.63, 3.8) is 0 Å². The van der Waals surface area contributed by atoms with Gasteiger partial charge in [0, 0.05) is 51.0 Å². The lowest BCUT2D eigenvalue weighted by molar-refractivity contribution is -0.252. The number of ether oxygens (including phenoxy) is 2. The standard InChI is InChI=1S/C40H46N4O6/c41-35-10-1-2-11-36(35)43-39(48)13-5-12-38(47)42-23-28-6-3-7-30(20-28)31-8-4-9-32(21-31)40-49-34(25-44-19-18-33(46)24-44)22-37(50-40)29-16-14-27(26-45)15-17-29/h1-4,6-11,14-17,20-21,33-34,37,40,45-46H,5,12-13,18-19,22-26,41H2,(H,42,47)(H,43,48)/t33-,34-,37+,40+/m0/s1. The Morgan fingerprint density at radius 2 is 1.60 bits per heavy atom. The fourth-order valence-electron chi connectivity index (χ4n) is 6.55. The second-order valence-corrected chi connectivity index (χ2v) is 13.1. The van der Waals surface area contributed by atoms with Crippen LogP contribution in [0.15, 0.2) is 97.1 Å². The molecule has 0 bridgehead atoms. The highest BCUT2D eigenvalue weighted by molar-refractivity contribution is 5.94. The number of nitrogens with one attached hydrogen (secondary N) is 2. The van der Waals surface area contributed by atoms with Crippen molar-refractivity contribution in [2.75, 3.05) is 30.7 Å². The van der Waals surface area contributed by atoms with E-state index in [4.69, 9.17) is 15.2 Å². The number of carbonyl (C=O) groups is 2. The molecule has 0 spiro atoms. The van der Waals surface area contributed by atoms with Crippen molar-refractivity contribution < 1.29 is 29.3 Å². The second-order valence-electron chi connectivity index (χ2n) is 13.1. The van der Waals surface area contributed by atoms with E-state index >= 15 is 0 Å². The molecule has 0 radical (unpaired) electrons. The summed E-state index contributed by atoms with van der Waals surface area (Å²) in [5, 5.41) is 25.4. The van der Waals surface area contributed by atoms with Gasteiger partial charge in [-0.3, -0.25) is 14.5 Å². The maximum atomic E-state index is 12.6. The number of benzene rings is 4. The van der Waals surface area contributed by atoms with E-state index < -0.39 is 6.29 Å². The summed E-state index contributed by atoms with van der Waals surface area (Å²) < 4.78 is 13.1. The van der Waals surface area contributed by atoms with Gasteiger partial charge in [-0.1, -0.05) is 72.8 Å². The van der Waals surface area contributed by atoms with E-state index in [-0.39, 0.29) is 49.6 Å². The lowest BCUT2D eigenvalue weighted by atomic mass is 9.98. The minimum Gasteiger partial charge on any atom is -0.397 e. The van der Waals surface area contributed by atoms with Crippen LogP contribution in [0.2, 0.25) is 0 Å². The van der Waals surface area contributed by atoms with Gasteiger partial charge in [0.1, 0.15) is 0 Å². The van der Waals surface area contributed by atoms with Gasteiger partial charge in [-0.2, -0.15) is 0 Å². The first-order chi connectivity index (χ1) is 24.3. The number of nitrogens with two attached hydrogens (primary N) is 1. The van der Waals surface area contributed by atoms with Crippen LogP contribution in [0.5, 0.6) is 0 Å². The van der Waals surface area contributed by atoms with E-state index in [1.807, 2.05) is 60.7 Å². The number of nitrogen functional groups attached to an aromatic ring is 1. The molecule has 6 N–H and O–H groups in total. The SMILES string of the molecule is Nc1ccccc1NC(=O)CCCC(=O)NCc1cccc(-c2cccc([C@@H]3O[C@H](CN4CC[C@H](O)C4)C[C@H](c4ccc(CO)cc4)O3)c2)c1. The highest BCUT2D eigenvalue weighted by Gasteiger charge is 2.34. The summed E-state index contributed by atoms with van der Waals surface area (Å²) in [4.78, 5) is 27.1. The first kappa shape index (κ1) is 35.3. The molecular formula is C40H46N4O6. The molecule has 0 aliphatic carbocycles. The first-order valence-electron chi connectivity index (χ1n) is 17.3. The van der Waals surface area contributed by atoms with Gasteiger partial charge in [0.15, 0.2) is 6.29 Å². The topological polar surface area (TPSA) is 146 Å². The molecule has 4 aromatic carbocycles. The number of nitrogens with zero attached hydrogens (tertiary/aromatic N) is 1. The summed E-state index contributed by atoms with van der Waals surface area (Å²) in [6.45, 7) is 2.57. The Kier molecular flexibility index (Phi) is 11.9. The van der Waals surface area contributed by atoms with Crippen LogP contribution in [0.4, 0.5) is 11.4 Å². The number of hydrogen-bond donors (Lipinski definition) is 5. The Balaban J connectivity index is 1.07. The number of carbonyl (C=O) groups excluding carboxylic acids is 2. The predicted molar refractivity (Wildman–Crippen MR) is 193 cm³/mol. The van der Waals surface area contributed by atoms with Crippen LogP contribution in [0.25, 0.3) is 11.1 Å². The van der Waals surface area contributed by atoms with Gasteiger partial charge < -0.3 is 36.1 Å². The van der Waals surface area contributed by atoms with Crippen molar-refractivity contribution in [1.82, 2.24) is 10.2 Å². The molecular weight excluding hydrogens is 632 g/mol. The normalized spacial score (nSPS) is 20.8. The lowest BCUT2D eigenvalue weighted by Crippen LogP contribution is -2.38. The van der Waals surface area contributed by atoms with Crippen molar-refractivity contribution in [1.29, 1.82) is 0 Å². The zero-order valence-electron chi connectivity index (χ0n) is 28.2. The molecule has 10 nitrogen and oxygen atoms in total. The van der Waals surface area contributed by atoms with Gasteiger partial charge in [-0.15, -0.1) is 0 Å². The maximum Gasteiger partial charge on any atom is 0.224 e. The van der Waals surface area contributed by atoms with E-state index in [1.54, 1.807) is 24.3 Å². The number of β-amino-alcohol motifs (C(OH)–C–C–N with tert-alkyl or cyclic N) is 1. The summed E-state index contributed by atoms with van der Waals surface area (Å²) in [6, 6.07) is 31.2. The summed E-state index contributed by atoms with van der Waals surface area (Å²) in [5.74, 6) is -0.293. The molecule has 2 aliphatic rings. The van der Waals surface area contributed by atoms with Crippen LogP contribution in [-0.2, 0) is 32.2 Å². The zero-order valence-corrected chi connectivity index (χ0v) is 28.2. The van der Waals surface area contributed by atoms with Gasteiger partial charge in [0.2, 0.25) is 11.8 Å². The molecule has 6 rings (SSSR count). The number of aliphatic hydroxyl groups excluding tert-OH is 2. The molecule has 50 heavy (non-hydrogen) atoms. The Morgan fingerprint density at radius 3 is 2.36 bits per heavy atom. The van der Waals surface area contributed by atoms with Crippen molar-refractivity contribution in [3.8, 4) is 11.1 Å². The van der Waals surface area contributed by atoms with Crippen molar-refractivity contribution in [3.05, 3.63) is 119 Å². The number of aliphatic hydroxyl groups is 2. The van der Waals surface area contributed by atoms with Gasteiger partial charge >= 0.3 is 0 Å². The highest BCUT2D eigenvalue weighted by Crippen LogP contribution is 2.39. The molecule has 2 saturated heterocycles. The molecule has 0 unspecified atom stereocenters. The molecule has 0 aromatic heterocycles. The van der Waals surface area contributed by atoms with Crippen LogP contribution in [-0.4, -0.2) is 58.8 Å². The van der Waals surface area contributed by atoms with Gasteiger partial charge in [0.25, 0.3) is 0 Å². The Morgan fingerprint density at radius 1 is 0.840 bits per heavy atom. The Labute approximate surface area is 293 Å². The molecule has 262 valence electrons. The van der Waals surface area contributed by atoms with Crippen LogP contribution in [0.1, 0.15) is 66.8 Å². The average Bonchev–Trinajstić information content (AvgIpc) is 3.55. The zero-order chi connectivity index (χ0) is 34.9. The molecule has 2 fully saturated rings. The monoisotopic (exact) mass is 678 g/mol. The lowest BCUT2D eigenvalue weighted by Gasteiger charge is -2.38. The molecule has 2 heterocycles. The third-order valence-corrected chi connectivity index (χ3v) is 9.28. The fraction of sp³-hybridized carbons (Fsp3) is 0.350. The maximum absolute atomic E-state index is 12.6. The number of hydrogen-bond acceptors (Lipinski definition) is 8. The third kappa shape index (κ3) is 9.56. The Hall–Kier alpha value is -4.58. The van der Waals surface area contributed by atoms with E-state index in [2.05, 4.69) is 27.7 Å². The van der Waals surface area contributed by atoms with Gasteiger partial charge in [-0.25, -0.2) is 0 Å². The number of anilines is 2. The molecule has 4 aromatic rings. The molecule has 2 aliphatic heterocycles. The molecule has 4 atom stereocenters.